The van der Waals surface area contributed by atoms with Gasteiger partial charge in [-0.1, -0.05) is 18.2 Å². The minimum absolute atomic E-state index is 0. The number of nitrogens with zero attached hydrogens (tertiary/aromatic N) is 1. The third-order valence-corrected chi connectivity index (χ3v) is 3.31. The lowest BCUT2D eigenvalue weighted by Gasteiger charge is -2.18. The molecule has 0 radical (unpaired) electrons. The molecule has 0 atom stereocenters. The van der Waals surface area contributed by atoms with Crippen molar-refractivity contribution in [3.8, 4) is 0 Å². The Morgan fingerprint density at radius 1 is 1.22 bits per heavy atom. The molecule has 0 unspecified atom stereocenters. The number of likely N-dealkylation sites (N-methyl/N-ethyl adjacent to an activating group) is 1. The summed E-state index contributed by atoms with van der Waals surface area (Å²) in [6.07, 6.45) is 0. The van der Waals surface area contributed by atoms with Gasteiger partial charge in [0.15, 0.2) is 0 Å². The molecule has 0 saturated heterocycles. The minimum Gasteiger partial charge on any atom is -0.383 e. The van der Waals surface area contributed by atoms with E-state index in [9.17, 15) is 9.59 Å². The van der Waals surface area contributed by atoms with Gasteiger partial charge in [0, 0.05) is 26.4 Å². The summed E-state index contributed by atoms with van der Waals surface area (Å²) < 4.78 is 4.89. The Balaban J connectivity index is 0.00000484. The van der Waals surface area contributed by atoms with Gasteiger partial charge in [0.1, 0.15) is 0 Å². The first-order valence-electron chi connectivity index (χ1n) is 7.25. The SMILES string of the molecule is COCCNCC(=O)N(C)CC(=O)Nc1c(C)cccc1C.Cl. The van der Waals surface area contributed by atoms with Crippen LogP contribution in [0.3, 0.4) is 0 Å². The number of hydrogen-bond donors (Lipinski definition) is 2. The third kappa shape index (κ3) is 7.45. The van der Waals surface area contributed by atoms with E-state index in [2.05, 4.69) is 10.6 Å². The molecule has 0 aliphatic carbocycles. The maximum atomic E-state index is 12.1. The quantitative estimate of drug-likeness (QED) is 0.699. The number of anilines is 1. The summed E-state index contributed by atoms with van der Waals surface area (Å²) in [5, 5.41) is 5.83. The van der Waals surface area contributed by atoms with Gasteiger partial charge in [-0.05, 0) is 25.0 Å². The smallest absolute Gasteiger partial charge is 0.243 e. The van der Waals surface area contributed by atoms with Crippen molar-refractivity contribution in [2.45, 2.75) is 13.8 Å². The van der Waals surface area contributed by atoms with Crippen molar-refractivity contribution in [1.29, 1.82) is 0 Å². The van der Waals surface area contributed by atoms with E-state index in [1.54, 1.807) is 14.2 Å². The fraction of sp³-hybridized carbons (Fsp3) is 0.500. The number of carbonyl (C=O) groups is 2. The Morgan fingerprint density at radius 2 is 1.83 bits per heavy atom. The molecular weight excluding hydrogens is 318 g/mol. The Hall–Kier alpha value is -1.63. The van der Waals surface area contributed by atoms with Gasteiger partial charge in [0.2, 0.25) is 11.8 Å². The summed E-state index contributed by atoms with van der Waals surface area (Å²) in [6, 6.07) is 5.83. The van der Waals surface area contributed by atoms with Crippen LogP contribution in [0.2, 0.25) is 0 Å². The van der Waals surface area contributed by atoms with Crippen LogP contribution in [0.4, 0.5) is 5.69 Å². The molecule has 7 heteroatoms. The molecule has 1 rings (SSSR count). The van der Waals surface area contributed by atoms with Crippen LogP contribution in [-0.2, 0) is 14.3 Å². The summed E-state index contributed by atoms with van der Waals surface area (Å²) >= 11 is 0. The lowest BCUT2D eigenvalue weighted by atomic mass is 10.1. The molecule has 0 aliphatic heterocycles. The number of nitrogens with one attached hydrogen (secondary N) is 2. The number of rotatable bonds is 8. The van der Waals surface area contributed by atoms with Crippen LogP contribution in [0.5, 0.6) is 0 Å². The van der Waals surface area contributed by atoms with Gasteiger partial charge >= 0.3 is 0 Å². The molecule has 0 saturated carbocycles. The summed E-state index contributed by atoms with van der Waals surface area (Å²) in [5.74, 6) is -0.335. The summed E-state index contributed by atoms with van der Waals surface area (Å²) in [4.78, 5) is 25.3. The molecule has 0 spiro atoms. The Labute approximate surface area is 144 Å². The fourth-order valence-electron chi connectivity index (χ4n) is 2.00. The van der Waals surface area contributed by atoms with E-state index in [4.69, 9.17) is 4.74 Å². The third-order valence-electron chi connectivity index (χ3n) is 3.31. The zero-order chi connectivity index (χ0) is 16.5. The highest BCUT2D eigenvalue weighted by molar-refractivity contribution is 5.95. The Morgan fingerprint density at radius 3 is 2.39 bits per heavy atom. The molecule has 1 aromatic carbocycles. The molecule has 2 amide bonds. The van der Waals surface area contributed by atoms with E-state index in [1.165, 1.54) is 4.90 Å². The predicted octanol–water partition coefficient (Wildman–Crippen LogP) is 1.36. The van der Waals surface area contributed by atoms with Gasteiger partial charge < -0.3 is 20.3 Å². The zero-order valence-electron chi connectivity index (χ0n) is 14.1. The van der Waals surface area contributed by atoms with Crippen LogP contribution < -0.4 is 10.6 Å². The topological polar surface area (TPSA) is 70.7 Å². The van der Waals surface area contributed by atoms with Crippen molar-refractivity contribution in [2.75, 3.05) is 45.7 Å². The lowest BCUT2D eigenvalue weighted by Crippen LogP contribution is -2.40. The van der Waals surface area contributed by atoms with Crippen molar-refractivity contribution < 1.29 is 14.3 Å². The summed E-state index contributed by atoms with van der Waals surface area (Å²) in [6.45, 7) is 5.25. The van der Waals surface area contributed by atoms with Crippen LogP contribution in [0.1, 0.15) is 11.1 Å². The van der Waals surface area contributed by atoms with Crippen LogP contribution in [0.25, 0.3) is 0 Å². The maximum absolute atomic E-state index is 12.1. The fourth-order valence-corrected chi connectivity index (χ4v) is 2.00. The van der Waals surface area contributed by atoms with Gasteiger partial charge in [-0.3, -0.25) is 9.59 Å². The second-order valence-corrected chi connectivity index (χ2v) is 5.23. The average molecular weight is 344 g/mol. The van der Waals surface area contributed by atoms with E-state index >= 15 is 0 Å². The molecule has 23 heavy (non-hydrogen) atoms. The molecule has 1 aromatic rings. The van der Waals surface area contributed by atoms with Gasteiger partial charge in [0.25, 0.3) is 0 Å². The molecule has 6 nitrogen and oxygen atoms in total. The molecule has 130 valence electrons. The molecule has 2 N–H and O–H groups in total. The number of amides is 2. The number of carbonyl (C=O) groups excluding carboxylic acids is 2. The van der Waals surface area contributed by atoms with Crippen molar-refractivity contribution in [1.82, 2.24) is 10.2 Å². The van der Waals surface area contributed by atoms with E-state index in [0.717, 1.165) is 16.8 Å². The predicted molar refractivity (Wildman–Crippen MR) is 94.2 cm³/mol. The van der Waals surface area contributed by atoms with Crippen molar-refractivity contribution >= 4 is 29.9 Å². The molecule has 0 fully saturated rings. The van der Waals surface area contributed by atoms with Crippen LogP contribution in [-0.4, -0.2) is 57.1 Å². The van der Waals surface area contributed by atoms with Gasteiger partial charge in [0.05, 0.1) is 19.7 Å². The van der Waals surface area contributed by atoms with Crippen LogP contribution in [0.15, 0.2) is 18.2 Å². The van der Waals surface area contributed by atoms with E-state index in [0.29, 0.717) is 13.2 Å². The van der Waals surface area contributed by atoms with Gasteiger partial charge in [-0.15, -0.1) is 12.4 Å². The van der Waals surface area contributed by atoms with Crippen molar-refractivity contribution in [3.63, 3.8) is 0 Å². The number of halogens is 1. The number of para-hydroxylation sites is 1. The number of aryl methyl sites for hydroxylation is 2. The van der Waals surface area contributed by atoms with Crippen LogP contribution in [0, 0.1) is 13.8 Å². The first-order valence-corrected chi connectivity index (χ1v) is 7.25. The highest BCUT2D eigenvalue weighted by atomic mass is 35.5. The van der Waals surface area contributed by atoms with Crippen molar-refractivity contribution in [2.24, 2.45) is 0 Å². The molecule has 0 bridgehead atoms. The standard InChI is InChI=1S/C16H25N3O3.ClH/c1-12-6-5-7-13(2)16(12)18-14(20)11-19(3)15(21)10-17-8-9-22-4;/h5-7,17H,8-11H2,1-4H3,(H,18,20);1H. The Kier molecular flexibility index (Phi) is 10.2. The second-order valence-electron chi connectivity index (χ2n) is 5.23. The number of hydrogen-bond acceptors (Lipinski definition) is 4. The largest absolute Gasteiger partial charge is 0.383 e. The minimum atomic E-state index is -0.204. The normalized spacial score (nSPS) is 9.91. The highest BCUT2D eigenvalue weighted by Gasteiger charge is 2.14. The molecule has 0 heterocycles. The maximum Gasteiger partial charge on any atom is 0.243 e. The second kappa shape index (κ2) is 11.0. The van der Waals surface area contributed by atoms with E-state index in [-0.39, 0.29) is 37.3 Å². The molecular formula is C16H26ClN3O3. The van der Waals surface area contributed by atoms with Gasteiger partial charge in [-0.25, -0.2) is 0 Å². The first-order chi connectivity index (χ1) is 10.5. The lowest BCUT2D eigenvalue weighted by molar-refractivity contribution is -0.132. The van der Waals surface area contributed by atoms with Crippen LogP contribution >= 0.6 is 12.4 Å². The zero-order valence-corrected chi connectivity index (χ0v) is 15.0. The van der Waals surface area contributed by atoms with E-state index < -0.39 is 0 Å². The summed E-state index contributed by atoms with van der Waals surface area (Å²) in [7, 11) is 3.22. The number of ether oxygens (including phenoxy) is 1. The van der Waals surface area contributed by atoms with E-state index in [1.807, 2.05) is 32.0 Å². The number of benzene rings is 1. The monoisotopic (exact) mass is 343 g/mol. The summed E-state index contributed by atoms with van der Waals surface area (Å²) in [5.41, 5.74) is 2.82. The molecule has 0 aromatic heterocycles. The molecule has 0 aliphatic rings. The number of methoxy groups -OCH3 is 1. The first kappa shape index (κ1) is 21.4. The highest BCUT2D eigenvalue weighted by Crippen LogP contribution is 2.19. The van der Waals surface area contributed by atoms with Gasteiger partial charge in [-0.2, -0.15) is 0 Å². The van der Waals surface area contributed by atoms with Crippen molar-refractivity contribution in [3.05, 3.63) is 29.3 Å². The average Bonchev–Trinajstić information content (AvgIpc) is 2.47. The Bertz CT molecular complexity index is 503.